The van der Waals surface area contributed by atoms with Crippen molar-refractivity contribution < 1.29 is 9.90 Å². The second-order valence-electron chi connectivity index (χ2n) is 4.32. The summed E-state index contributed by atoms with van der Waals surface area (Å²) in [6, 6.07) is 6.49. The van der Waals surface area contributed by atoms with Crippen molar-refractivity contribution in [2.45, 2.75) is 18.5 Å². The first-order chi connectivity index (χ1) is 9.51. The van der Waals surface area contributed by atoms with Crippen LogP contribution in [0.3, 0.4) is 0 Å². The van der Waals surface area contributed by atoms with Crippen LogP contribution in [0.5, 0.6) is 0 Å². The Kier molecular flexibility index (Phi) is 4.24. The number of nitrogens with zero attached hydrogens (tertiary/aromatic N) is 1. The molecule has 6 heteroatoms. The van der Waals surface area contributed by atoms with Crippen LogP contribution >= 0.6 is 11.8 Å². The standard InChI is InChI=1S/C14H14N2O3S/c1-8-11(12(17)16-14(15-8)20-2)7-9-3-5-10(6-4-9)13(18)19/h3-6H,7H2,1-2H3,(H,18,19)(H,15,16,17). The Hall–Kier alpha value is -2.08. The fraction of sp³-hybridized carbons (Fsp3) is 0.214. The summed E-state index contributed by atoms with van der Waals surface area (Å²) in [5.41, 5.74) is 2.26. The normalized spacial score (nSPS) is 10.5. The van der Waals surface area contributed by atoms with Crippen molar-refractivity contribution in [3.8, 4) is 0 Å². The quantitative estimate of drug-likeness (QED) is 0.665. The SMILES string of the molecule is CSc1nc(C)c(Cc2ccc(C(=O)O)cc2)c(=O)[nH]1. The number of nitrogens with one attached hydrogen (secondary N) is 1. The van der Waals surface area contributed by atoms with Crippen molar-refractivity contribution >= 4 is 17.7 Å². The van der Waals surface area contributed by atoms with E-state index < -0.39 is 5.97 Å². The van der Waals surface area contributed by atoms with Crippen LogP contribution < -0.4 is 5.56 Å². The van der Waals surface area contributed by atoms with Crippen molar-refractivity contribution in [2.24, 2.45) is 0 Å². The third kappa shape index (κ3) is 3.08. The minimum atomic E-state index is -0.962. The lowest BCUT2D eigenvalue weighted by Crippen LogP contribution is -2.17. The summed E-state index contributed by atoms with van der Waals surface area (Å²) in [6.07, 6.45) is 2.28. The summed E-state index contributed by atoms with van der Waals surface area (Å²) in [5, 5.41) is 9.44. The number of aromatic amines is 1. The number of aryl methyl sites for hydroxylation is 1. The Labute approximate surface area is 120 Å². The van der Waals surface area contributed by atoms with Crippen LogP contribution in [-0.2, 0) is 6.42 Å². The molecule has 2 rings (SSSR count). The van der Waals surface area contributed by atoms with Crippen LogP contribution in [-0.4, -0.2) is 27.3 Å². The first-order valence-electron chi connectivity index (χ1n) is 5.97. The number of H-pyrrole nitrogens is 1. The van der Waals surface area contributed by atoms with Crippen molar-refractivity contribution in [1.29, 1.82) is 0 Å². The Morgan fingerprint density at radius 1 is 1.35 bits per heavy atom. The van der Waals surface area contributed by atoms with Crippen molar-refractivity contribution in [3.05, 3.63) is 57.0 Å². The lowest BCUT2D eigenvalue weighted by atomic mass is 10.0. The van der Waals surface area contributed by atoms with Gasteiger partial charge >= 0.3 is 5.97 Å². The molecule has 0 aliphatic heterocycles. The molecule has 0 saturated heterocycles. The van der Waals surface area contributed by atoms with Gasteiger partial charge in [0, 0.05) is 17.7 Å². The van der Waals surface area contributed by atoms with Crippen LogP contribution in [0.2, 0.25) is 0 Å². The van der Waals surface area contributed by atoms with Crippen molar-refractivity contribution in [3.63, 3.8) is 0 Å². The largest absolute Gasteiger partial charge is 0.478 e. The zero-order chi connectivity index (χ0) is 14.7. The topological polar surface area (TPSA) is 83.0 Å². The van der Waals surface area contributed by atoms with E-state index >= 15 is 0 Å². The van der Waals surface area contributed by atoms with Gasteiger partial charge in [0.05, 0.1) is 5.56 Å². The van der Waals surface area contributed by atoms with Crippen LogP contribution in [0.4, 0.5) is 0 Å². The van der Waals surface area contributed by atoms with Gasteiger partial charge in [0.15, 0.2) is 5.16 Å². The number of hydrogen-bond acceptors (Lipinski definition) is 4. The fourth-order valence-electron chi connectivity index (χ4n) is 1.86. The number of carboxylic acid groups (broad SMARTS) is 1. The highest BCUT2D eigenvalue weighted by Crippen LogP contribution is 2.13. The molecule has 1 aromatic heterocycles. The number of hydrogen-bond donors (Lipinski definition) is 2. The number of aromatic nitrogens is 2. The molecule has 0 radical (unpaired) electrons. The molecular weight excluding hydrogens is 276 g/mol. The van der Waals surface area contributed by atoms with Gasteiger partial charge in [-0.25, -0.2) is 9.78 Å². The maximum Gasteiger partial charge on any atom is 0.335 e. The molecule has 0 aliphatic carbocycles. The molecule has 0 bridgehead atoms. The third-order valence-corrected chi connectivity index (χ3v) is 3.56. The monoisotopic (exact) mass is 290 g/mol. The van der Waals surface area contributed by atoms with E-state index in [1.807, 2.05) is 6.26 Å². The van der Waals surface area contributed by atoms with E-state index in [1.165, 1.54) is 23.9 Å². The van der Waals surface area contributed by atoms with Crippen LogP contribution in [0.25, 0.3) is 0 Å². The van der Waals surface area contributed by atoms with Gasteiger partial charge in [-0.1, -0.05) is 23.9 Å². The summed E-state index contributed by atoms with van der Waals surface area (Å²) >= 11 is 1.39. The van der Waals surface area contributed by atoms with Gasteiger partial charge < -0.3 is 10.1 Å². The Balaban J connectivity index is 2.30. The van der Waals surface area contributed by atoms with Crippen LogP contribution in [0.1, 0.15) is 27.2 Å². The number of carboxylic acids is 1. The average molecular weight is 290 g/mol. The number of thioether (sulfide) groups is 1. The van der Waals surface area contributed by atoms with Gasteiger partial charge in [0.25, 0.3) is 5.56 Å². The van der Waals surface area contributed by atoms with Gasteiger partial charge in [0.2, 0.25) is 0 Å². The molecule has 1 heterocycles. The molecule has 0 amide bonds. The number of carbonyl (C=O) groups is 1. The minimum absolute atomic E-state index is 0.149. The molecule has 2 N–H and O–H groups in total. The number of benzene rings is 1. The molecule has 20 heavy (non-hydrogen) atoms. The maximum absolute atomic E-state index is 12.0. The van der Waals surface area contributed by atoms with Crippen LogP contribution in [0.15, 0.2) is 34.2 Å². The fourth-order valence-corrected chi connectivity index (χ4v) is 2.28. The van der Waals surface area contributed by atoms with E-state index in [2.05, 4.69) is 9.97 Å². The van der Waals surface area contributed by atoms with Crippen molar-refractivity contribution in [2.75, 3.05) is 6.26 Å². The molecule has 0 spiro atoms. The molecule has 2 aromatic rings. The van der Waals surface area contributed by atoms with Crippen LogP contribution in [0, 0.1) is 6.92 Å². The molecule has 0 fully saturated rings. The zero-order valence-corrected chi connectivity index (χ0v) is 12.0. The highest BCUT2D eigenvalue weighted by Gasteiger charge is 2.09. The average Bonchev–Trinajstić information content (AvgIpc) is 2.43. The highest BCUT2D eigenvalue weighted by atomic mass is 32.2. The van der Waals surface area contributed by atoms with Gasteiger partial charge in [-0.15, -0.1) is 0 Å². The predicted octanol–water partition coefficient (Wildman–Crippen LogP) is 2.09. The summed E-state index contributed by atoms with van der Waals surface area (Å²) < 4.78 is 0. The zero-order valence-electron chi connectivity index (χ0n) is 11.1. The maximum atomic E-state index is 12.0. The van der Waals surface area contributed by atoms with Gasteiger partial charge in [-0.2, -0.15) is 0 Å². The summed E-state index contributed by atoms with van der Waals surface area (Å²) in [4.78, 5) is 29.8. The summed E-state index contributed by atoms with van der Waals surface area (Å²) in [7, 11) is 0. The number of rotatable bonds is 4. The molecule has 104 valence electrons. The third-order valence-electron chi connectivity index (χ3n) is 2.98. The molecular formula is C14H14N2O3S. The first-order valence-corrected chi connectivity index (χ1v) is 7.19. The van der Waals surface area contributed by atoms with Crippen molar-refractivity contribution in [1.82, 2.24) is 9.97 Å². The van der Waals surface area contributed by atoms with Gasteiger partial charge in [-0.3, -0.25) is 4.79 Å². The molecule has 0 aliphatic rings. The summed E-state index contributed by atoms with van der Waals surface area (Å²) in [5.74, 6) is -0.962. The van der Waals surface area contributed by atoms with E-state index in [9.17, 15) is 9.59 Å². The second kappa shape index (κ2) is 5.92. The summed E-state index contributed by atoms with van der Waals surface area (Å²) in [6.45, 7) is 1.80. The smallest absolute Gasteiger partial charge is 0.335 e. The second-order valence-corrected chi connectivity index (χ2v) is 5.11. The first kappa shape index (κ1) is 14.3. The predicted molar refractivity (Wildman–Crippen MR) is 77.6 cm³/mol. The molecule has 0 saturated carbocycles. The Bertz CT molecular complexity index is 693. The molecule has 5 nitrogen and oxygen atoms in total. The van der Waals surface area contributed by atoms with E-state index in [-0.39, 0.29) is 11.1 Å². The Morgan fingerprint density at radius 3 is 2.50 bits per heavy atom. The molecule has 0 unspecified atom stereocenters. The van der Waals surface area contributed by atoms with E-state index in [0.29, 0.717) is 22.8 Å². The number of aromatic carboxylic acids is 1. The Morgan fingerprint density at radius 2 is 2.00 bits per heavy atom. The molecule has 1 aromatic carbocycles. The highest BCUT2D eigenvalue weighted by molar-refractivity contribution is 7.98. The lowest BCUT2D eigenvalue weighted by Gasteiger charge is -2.06. The van der Waals surface area contributed by atoms with Gasteiger partial charge in [-0.05, 0) is 30.9 Å². The molecule has 0 atom stereocenters. The minimum Gasteiger partial charge on any atom is -0.478 e. The van der Waals surface area contributed by atoms with E-state index in [1.54, 1.807) is 19.1 Å². The van der Waals surface area contributed by atoms with Gasteiger partial charge in [0.1, 0.15) is 0 Å². The lowest BCUT2D eigenvalue weighted by molar-refractivity contribution is 0.0697. The van der Waals surface area contributed by atoms with E-state index in [4.69, 9.17) is 5.11 Å². The van der Waals surface area contributed by atoms with E-state index in [0.717, 1.165) is 5.56 Å².